The molecule has 0 N–H and O–H groups in total. The number of likely N-dealkylation sites (N-methyl/N-ethyl adjacent to an activating group) is 1. The minimum atomic E-state index is 0.766. The van der Waals surface area contributed by atoms with Crippen molar-refractivity contribution in [2.75, 3.05) is 68.8 Å². The molecule has 0 spiro atoms. The van der Waals surface area contributed by atoms with E-state index in [0.717, 1.165) is 76.5 Å². The number of nitrogens with zero attached hydrogens (tertiary/aromatic N) is 5. The molecule has 2 fully saturated rings. The summed E-state index contributed by atoms with van der Waals surface area (Å²) in [6.07, 6.45) is 0. The summed E-state index contributed by atoms with van der Waals surface area (Å²) in [4.78, 5) is 16.5. The topological polar surface area (TPSA) is 44.7 Å². The summed E-state index contributed by atoms with van der Waals surface area (Å²) >= 11 is 0. The minimum absolute atomic E-state index is 0.766. The van der Waals surface area contributed by atoms with Crippen LogP contribution in [0, 0.1) is 6.92 Å². The van der Waals surface area contributed by atoms with Crippen molar-refractivity contribution in [3.63, 3.8) is 0 Å². The van der Waals surface area contributed by atoms with Gasteiger partial charge in [-0.2, -0.15) is 4.98 Å². The molecule has 0 unspecified atom stereocenters. The lowest BCUT2D eigenvalue weighted by Crippen LogP contribution is -2.46. The average Bonchev–Trinajstić information content (AvgIpc) is 2.55. The molecule has 3 rings (SSSR count). The molecule has 6 nitrogen and oxygen atoms in total. The minimum Gasteiger partial charge on any atom is -0.378 e. The highest BCUT2D eigenvalue weighted by atomic mass is 16.5. The Balaban J connectivity index is 1.74. The van der Waals surface area contributed by atoms with Gasteiger partial charge in [-0.05, 0) is 13.5 Å². The van der Waals surface area contributed by atoms with Gasteiger partial charge in [0.25, 0.3) is 0 Å². The van der Waals surface area contributed by atoms with Crippen molar-refractivity contribution in [2.45, 2.75) is 13.8 Å². The SMILES string of the molecule is CCN1CCN(c2cc(C)nc(N3CCOCC3)n2)CC1. The lowest BCUT2D eigenvalue weighted by molar-refractivity contribution is 0.122. The third-order valence-electron chi connectivity index (χ3n) is 4.27. The van der Waals surface area contributed by atoms with Crippen LogP contribution in [0.3, 0.4) is 0 Å². The van der Waals surface area contributed by atoms with E-state index in [1.807, 2.05) is 0 Å². The van der Waals surface area contributed by atoms with E-state index < -0.39 is 0 Å². The normalized spacial score (nSPS) is 20.9. The summed E-state index contributed by atoms with van der Waals surface area (Å²) in [5, 5.41) is 0. The van der Waals surface area contributed by atoms with Crippen molar-refractivity contribution in [1.82, 2.24) is 14.9 Å². The lowest BCUT2D eigenvalue weighted by atomic mass is 10.3. The molecule has 116 valence electrons. The molecule has 0 aromatic carbocycles. The Kier molecular flexibility index (Phi) is 4.55. The van der Waals surface area contributed by atoms with Crippen LogP contribution in [-0.4, -0.2) is 73.9 Å². The van der Waals surface area contributed by atoms with Crippen LogP contribution in [0.25, 0.3) is 0 Å². The molecule has 1 aromatic heterocycles. The number of hydrogen-bond acceptors (Lipinski definition) is 6. The Bertz CT molecular complexity index is 467. The number of aryl methyl sites for hydroxylation is 1. The standard InChI is InChI=1S/C15H25N5O/c1-3-18-4-6-19(7-5-18)14-12-13(2)16-15(17-14)20-8-10-21-11-9-20/h12H,3-11H2,1-2H3. The highest BCUT2D eigenvalue weighted by Crippen LogP contribution is 2.19. The quantitative estimate of drug-likeness (QED) is 0.819. The van der Waals surface area contributed by atoms with E-state index in [9.17, 15) is 0 Å². The highest BCUT2D eigenvalue weighted by Gasteiger charge is 2.20. The molecule has 21 heavy (non-hydrogen) atoms. The first-order chi connectivity index (χ1) is 10.3. The predicted octanol–water partition coefficient (Wildman–Crippen LogP) is 0.764. The first-order valence-corrected chi connectivity index (χ1v) is 7.92. The van der Waals surface area contributed by atoms with Crippen LogP contribution in [0.1, 0.15) is 12.6 Å². The van der Waals surface area contributed by atoms with Crippen LogP contribution in [0.15, 0.2) is 6.07 Å². The molecule has 3 heterocycles. The van der Waals surface area contributed by atoms with Gasteiger partial charge < -0.3 is 19.4 Å². The fourth-order valence-electron chi connectivity index (χ4n) is 2.90. The molecule has 0 saturated carbocycles. The number of aromatic nitrogens is 2. The van der Waals surface area contributed by atoms with Crippen LogP contribution in [-0.2, 0) is 4.74 Å². The zero-order valence-corrected chi connectivity index (χ0v) is 13.1. The van der Waals surface area contributed by atoms with E-state index in [1.165, 1.54) is 0 Å². The molecule has 1 aromatic rings. The zero-order valence-electron chi connectivity index (χ0n) is 13.1. The number of rotatable bonds is 3. The molecular formula is C15H25N5O. The van der Waals surface area contributed by atoms with Gasteiger partial charge in [-0.15, -0.1) is 0 Å². The molecule has 0 amide bonds. The second-order valence-electron chi connectivity index (χ2n) is 5.69. The van der Waals surface area contributed by atoms with Crippen LogP contribution >= 0.6 is 0 Å². The molecular weight excluding hydrogens is 266 g/mol. The first-order valence-electron chi connectivity index (χ1n) is 7.92. The van der Waals surface area contributed by atoms with Crippen molar-refractivity contribution >= 4 is 11.8 Å². The Morgan fingerprint density at radius 3 is 2.38 bits per heavy atom. The van der Waals surface area contributed by atoms with Gasteiger partial charge in [0.2, 0.25) is 5.95 Å². The van der Waals surface area contributed by atoms with Crippen LogP contribution < -0.4 is 9.80 Å². The maximum absolute atomic E-state index is 5.41. The fourth-order valence-corrected chi connectivity index (χ4v) is 2.90. The van der Waals surface area contributed by atoms with Gasteiger partial charge >= 0.3 is 0 Å². The molecule has 0 aliphatic carbocycles. The first kappa shape index (κ1) is 14.5. The third kappa shape index (κ3) is 3.44. The van der Waals surface area contributed by atoms with Gasteiger partial charge in [-0.1, -0.05) is 6.92 Å². The van der Waals surface area contributed by atoms with Crippen molar-refractivity contribution < 1.29 is 4.74 Å². The smallest absolute Gasteiger partial charge is 0.227 e. The predicted molar refractivity (Wildman–Crippen MR) is 84.1 cm³/mol. The summed E-state index contributed by atoms with van der Waals surface area (Å²) < 4.78 is 5.41. The number of ether oxygens (including phenoxy) is 1. The summed E-state index contributed by atoms with van der Waals surface area (Å²) in [6.45, 7) is 13.0. The van der Waals surface area contributed by atoms with E-state index in [1.54, 1.807) is 0 Å². The fraction of sp³-hybridized carbons (Fsp3) is 0.733. The molecule has 2 aliphatic rings. The molecule has 0 bridgehead atoms. The van der Waals surface area contributed by atoms with E-state index in [-0.39, 0.29) is 0 Å². The lowest BCUT2D eigenvalue weighted by Gasteiger charge is -2.35. The largest absolute Gasteiger partial charge is 0.378 e. The van der Waals surface area contributed by atoms with Crippen LogP contribution in [0.5, 0.6) is 0 Å². The molecule has 2 saturated heterocycles. The zero-order chi connectivity index (χ0) is 14.7. The van der Waals surface area contributed by atoms with Crippen LogP contribution in [0.2, 0.25) is 0 Å². The summed E-state index contributed by atoms with van der Waals surface area (Å²) in [7, 11) is 0. The number of anilines is 2. The van der Waals surface area contributed by atoms with Crippen molar-refractivity contribution in [1.29, 1.82) is 0 Å². The Labute approximate surface area is 126 Å². The molecule has 0 atom stereocenters. The maximum atomic E-state index is 5.41. The third-order valence-corrected chi connectivity index (χ3v) is 4.27. The van der Waals surface area contributed by atoms with Gasteiger partial charge in [0, 0.05) is 51.0 Å². The van der Waals surface area contributed by atoms with Gasteiger partial charge in [-0.25, -0.2) is 4.98 Å². The average molecular weight is 291 g/mol. The van der Waals surface area contributed by atoms with Gasteiger partial charge in [0.05, 0.1) is 13.2 Å². The van der Waals surface area contributed by atoms with Crippen molar-refractivity contribution in [3.8, 4) is 0 Å². The monoisotopic (exact) mass is 291 g/mol. The number of morpholine rings is 1. The van der Waals surface area contributed by atoms with Gasteiger partial charge in [-0.3, -0.25) is 0 Å². The van der Waals surface area contributed by atoms with E-state index >= 15 is 0 Å². The second kappa shape index (κ2) is 6.58. The Morgan fingerprint density at radius 2 is 1.71 bits per heavy atom. The van der Waals surface area contributed by atoms with Gasteiger partial charge in [0.1, 0.15) is 5.82 Å². The molecule has 2 aliphatic heterocycles. The molecule has 6 heteroatoms. The Hall–Kier alpha value is -1.40. The van der Waals surface area contributed by atoms with E-state index in [4.69, 9.17) is 9.72 Å². The number of hydrogen-bond donors (Lipinski definition) is 0. The summed E-state index contributed by atoms with van der Waals surface area (Å²) in [6, 6.07) is 2.10. The summed E-state index contributed by atoms with van der Waals surface area (Å²) in [5.41, 5.74) is 1.04. The van der Waals surface area contributed by atoms with Crippen molar-refractivity contribution in [2.24, 2.45) is 0 Å². The maximum Gasteiger partial charge on any atom is 0.227 e. The van der Waals surface area contributed by atoms with E-state index in [0.29, 0.717) is 0 Å². The highest BCUT2D eigenvalue weighted by molar-refractivity contribution is 5.46. The Morgan fingerprint density at radius 1 is 1.00 bits per heavy atom. The van der Waals surface area contributed by atoms with E-state index in [2.05, 4.69) is 39.6 Å². The van der Waals surface area contributed by atoms with Crippen molar-refractivity contribution in [3.05, 3.63) is 11.8 Å². The number of piperazine rings is 1. The summed E-state index contributed by atoms with van der Waals surface area (Å²) in [5.74, 6) is 1.92. The second-order valence-corrected chi connectivity index (χ2v) is 5.69. The van der Waals surface area contributed by atoms with Crippen LogP contribution in [0.4, 0.5) is 11.8 Å². The van der Waals surface area contributed by atoms with Gasteiger partial charge in [0.15, 0.2) is 0 Å². The molecule has 0 radical (unpaired) electrons.